The Labute approximate surface area is 167 Å². The number of anilines is 2. The first kappa shape index (κ1) is 20.9. The minimum Gasteiger partial charge on any atom is -0.340 e. The predicted octanol–water partition coefficient (Wildman–Crippen LogP) is 4.64. The van der Waals surface area contributed by atoms with Crippen LogP contribution in [0.2, 0.25) is 0 Å². The highest BCUT2D eigenvalue weighted by molar-refractivity contribution is 7.91. The highest BCUT2D eigenvalue weighted by Crippen LogP contribution is 2.32. The number of alkyl halides is 3. The van der Waals surface area contributed by atoms with Crippen molar-refractivity contribution in [3.8, 4) is 0 Å². The zero-order valence-electron chi connectivity index (χ0n) is 15.3. The molecule has 0 saturated heterocycles. The van der Waals surface area contributed by atoms with Crippen LogP contribution in [0.25, 0.3) is 0 Å². The molecule has 0 aliphatic heterocycles. The summed E-state index contributed by atoms with van der Waals surface area (Å²) in [5.74, 6) is 0. The lowest BCUT2D eigenvalue weighted by atomic mass is 10.2. The molecule has 0 aliphatic carbocycles. The Balaban J connectivity index is 1.90. The molecule has 0 aromatic heterocycles. The van der Waals surface area contributed by atoms with Crippen LogP contribution in [0.3, 0.4) is 0 Å². The summed E-state index contributed by atoms with van der Waals surface area (Å²) in [6.45, 7) is 0.940. The van der Waals surface area contributed by atoms with Crippen LogP contribution in [0.1, 0.15) is 5.56 Å². The van der Waals surface area contributed by atoms with Gasteiger partial charge in [-0.25, -0.2) is 8.42 Å². The van der Waals surface area contributed by atoms with Gasteiger partial charge in [0.2, 0.25) is 9.84 Å². The molecule has 3 aromatic carbocycles. The molecule has 152 valence electrons. The van der Waals surface area contributed by atoms with Crippen molar-refractivity contribution in [3.63, 3.8) is 0 Å². The first-order chi connectivity index (χ1) is 13.7. The van der Waals surface area contributed by atoms with E-state index in [1.807, 2.05) is 35.2 Å². The van der Waals surface area contributed by atoms with E-state index < -0.39 is 21.6 Å². The Bertz CT molecular complexity index is 1050. The van der Waals surface area contributed by atoms with Crippen molar-refractivity contribution in [3.05, 3.63) is 84.4 Å². The minimum atomic E-state index is -4.52. The van der Waals surface area contributed by atoms with E-state index in [0.29, 0.717) is 13.1 Å². The van der Waals surface area contributed by atoms with E-state index in [2.05, 4.69) is 0 Å². The maximum absolute atomic E-state index is 12.8. The Kier molecular flexibility index (Phi) is 5.95. The Morgan fingerprint density at radius 1 is 0.759 bits per heavy atom. The average Bonchev–Trinajstić information content (AvgIpc) is 2.72. The number of nitrogens with two attached hydrogens (primary N) is 1. The zero-order chi connectivity index (χ0) is 21.1. The number of hydrogen-bond donors (Lipinski definition) is 1. The van der Waals surface area contributed by atoms with E-state index in [1.165, 1.54) is 12.1 Å². The smallest absolute Gasteiger partial charge is 0.340 e. The van der Waals surface area contributed by atoms with Crippen LogP contribution in [-0.4, -0.2) is 21.5 Å². The summed E-state index contributed by atoms with van der Waals surface area (Å²) >= 11 is 0. The topological polar surface area (TPSA) is 63.4 Å². The van der Waals surface area contributed by atoms with Gasteiger partial charge in [-0.15, -0.1) is 0 Å². The zero-order valence-corrected chi connectivity index (χ0v) is 16.1. The van der Waals surface area contributed by atoms with Crippen molar-refractivity contribution < 1.29 is 21.6 Å². The third-order valence-corrected chi connectivity index (χ3v) is 6.16. The summed E-state index contributed by atoms with van der Waals surface area (Å²) in [6.07, 6.45) is -4.52. The Morgan fingerprint density at radius 3 is 1.72 bits per heavy atom. The quantitative estimate of drug-likeness (QED) is 0.631. The number of nitrogens with zero attached hydrogens (tertiary/aromatic N) is 1. The molecule has 0 amide bonds. The van der Waals surface area contributed by atoms with E-state index in [9.17, 15) is 21.6 Å². The van der Waals surface area contributed by atoms with E-state index in [0.717, 1.165) is 35.6 Å². The Hall–Kier alpha value is -2.84. The number of sulfone groups is 1. The molecule has 0 saturated carbocycles. The number of hydrogen-bond acceptors (Lipinski definition) is 4. The Morgan fingerprint density at radius 2 is 1.24 bits per heavy atom. The molecular formula is C21H19F3N2O2S. The van der Waals surface area contributed by atoms with E-state index in [1.54, 1.807) is 12.1 Å². The monoisotopic (exact) mass is 420 g/mol. The van der Waals surface area contributed by atoms with Gasteiger partial charge in [-0.2, -0.15) is 13.2 Å². The summed E-state index contributed by atoms with van der Waals surface area (Å²) in [7, 11) is -3.93. The van der Waals surface area contributed by atoms with Crippen molar-refractivity contribution in [2.45, 2.75) is 16.0 Å². The molecule has 2 N–H and O–H groups in total. The van der Waals surface area contributed by atoms with Gasteiger partial charge in [0.25, 0.3) is 0 Å². The first-order valence-electron chi connectivity index (χ1n) is 8.78. The average molecular weight is 420 g/mol. The molecule has 0 spiro atoms. The third kappa shape index (κ3) is 4.60. The number of rotatable bonds is 6. The van der Waals surface area contributed by atoms with Gasteiger partial charge < -0.3 is 10.6 Å². The SMILES string of the molecule is NCCN(c1ccccc1)c1ccc(S(=O)(=O)c2ccc(C(F)(F)F)cc2)cc1. The number of halogens is 3. The van der Waals surface area contributed by atoms with Gasteiger partial charge in [-0.1, -0.05) is 18.2 Å². The second-order valence-electron chi connectivity index (χ2n) is 6.30. The van der Waals surface area contributed by atoms with Crippen LogP contribution in [0.15, 0.2) is 88.7 Å². The van der Waals surface area contributed by atoms with Gasteiger partial charge in [-0.3, -0.25) is 0 Å². The molecular weight excluding hydrogens is 401 g/mol. The highest BCUT2D eigenvalue weighted by Gasteiger charge is 2.30. The van der Waals surface area contributed by atoms with Gasteiger partial charge in [0, 0.05) is 24.5 Å². The molecule has 0 bridgehead atoms. The lowest BCUT2D eigenvalue weighted by molar-refractivity contribution is -0.137. The summed E-state index contributed by atoms with van der Waals surface area (Å²) in [4.78, 5) is 1.76. The molecule has 4 nitrogen and oxygen atoms in total. The third-order valence-electron chi connectivity index (χ3n) is 4.37. The summed E-state index contributed by atoms with van der Waals surface area (Å²) in [6, 6.07) is 19.2. The molecule has 0 fully saturated rings. The van der Waals surface area contributed by atoms with Gasteiger partial charge in [-0.05, 0) is 60.7 Å². The van der Waals surface area contributed by atoms with Crippen LogP contribution in [0.5, 0.6) is 0 Å². The molecule has 29 heavy (non-hydrogen) atoms. The molecule has 0 unspecified atom stereocenters. The van der Waals surface area contributed by atoms with Crippen molar-refractivity contribution in [2.75, 3.05) is 18.0 Å². The van der Waals surface area contributed by atoms with Gasteiger partial charge in [0.05, 0.1) is 15.4 Å². The summed E-state index contributed by atoms with van der Waals surface area (Å²) in [5.41, 5.74) is 6.48. The van der Waals surface area contributed by atoms with Crippen LogP contribution >= 0.6 is 0 Å². The molecule has 3 aromatic rings. The van der Waals surface area contributed by atoms with Crippen molar-refractivity contribution >= 4 is 21.2 Å². The maximum Gasteiger partial charge on any atom is 0.416 e. The molecule has 0 aliphatic rings. The molecule has 0 radical (unpaired) electrons. The fourth-order valence-electron chi connectivity index (χ4n) is 2.91. The van der Waals surface area contributed by atoms with Crippen molar-refractivity contribution in [1.82, 2.24) is 0 Å². The van der Waals surface area contributed by atoms with Crippen molar-refractivity contribution in [2.24, 2.45) is 5.73 Å². The summed E-state index contributed by atoms with van der Waals surface area (Å²) in [5, 5.41) is 0. The van der Waals surface area contributed by atoms with Crippen molar-refractivity contribution in [1.29, 1.82) is 0 Å². The fraction of sp³-hybridized carbons (Fsp3) is 0.143. The lowest BCUT2D eigenvalue weighted by Crippen LogP contribution is -2.24. The standard InChI is InChI=1S/C21H19F3N2O2S/c22-21(23,24)16-6-10-19(11-7-16)29(27,28)20-12-8-18(9-13-20)26(15-14-25)17-4-2-1-3-5-17/h1-13H,14-15,25H2. The van der Waals surface area contributed by atoms with Crippen LogP contribution in [0, 0.1) is 0 Å². The van der Waals surface area contributed by atoms with Gasteiger partial charge in [0.15, 0.2) is 0 Å². The lowest BCUT2D eigenvalue weighted by Gasteiger charge is -2.24. The molecule has 0 atom stereocenters. The number of para-hydroxylation sites is 1. The highest BCUT2D eigenvalue weighted by atomic mass is 32.2. The largest absolute Gasteiger partial charge is 0.416 e. The fourth-order valence-corrected chi connectivity index (χ4v) is 4.17. The first-order valence-corrected chi connectivity index (χ1v) is 10.3. The molecule has 0 heterocycles. The second-order valence-corrected chi connectivity index (χ2v) is 8.25. The normalized spacial score (nSPS) is 12.0. The van der Waals surface area contributed by atoms with Gasteiger partial charge in [0.1, 0.15) is 0 Å². The second kappa shape index (κ2) is 8.26. The summed E-state index contributed by atoms with van der Waals surface area (Å²) < 4.78 is 63.6. The predicted molar refractivity (Wildman–Crippen MR) is 106 cm³/mol. The van der Waals surface area contributed by atoms with Crippen LogP contribution in [-0.2, 0) is 16.0 Å². The molecule has 3 rings (SSSR count). The van der Waals surface area contributed by atoms with Crippen LogP contribution in [0.4, 0.5) is 24.5 Å². The van der Waals surface area contributed by atoms with E-state index >= 15 is 0 Å². The minimum absolute atomic E-state index is 0.00164. The van der Waals surface area contributed by atoms with E-state index in [-0.39, 0.29) is 9.79 Å². The van der Waals surface area contributed by atoms with Gasteiger partial charge >= 0.3 is 6.18 Å². The van der Waals surface area contributed by atoms with Crippen LogP contribution < -0.4 is 10.6 Å². The maximum atomic E-state index is 12.8. The number of benzene rings is 3. The molecule has 8 heteroatoms. The van der Waals surface area contributed by atoms with E-state index in [4.69, 9.17) is 5.73 Å².